The highest BCUT2D eigenvalue weighted by molar-refractivity contribution is 5.79. The molecule has 0 heterocycles. The first-order chi connectivity index (χ1) is 7.97. The van der Waals surface area contributed by atoms with Crippen LogP contribution in [-0.2, 0) is 11.2 Å². The molecule has 0 unspecified atom stereocenters. The second-order valence-corrected chi connectivity index (χ2v) is 4.72. The van der Waals surface area contributed by atoms with E-state index in [-0.39, 0.29) is 12.2 Å². The molecular weight excluding hydrogens is 226 g/mol. The molecule has 0 atom stereocenters. The number of benzene rings is 1. The number of ketones is 1. The average molecular weight is 240 g/mol. The van der Waals surface area contributed by atoms with E-state index in [1.54, 1.807) is 0 Å². The van der Waals surface area contributed by atoms with Crippen LogP contribution in [0.1, 0.15) is 31.2 Å². The highest BCUT2D eigenvalue weighted by atomic mass is 19.1. The molecule has 4 heteroatoms. The molecule has 2 rings (SSSR count). The van der Waals surface area contributed by atoms with Gasteiger partial charge in [0.15, 0.2) is 0 Å². The van der Waals surface area contributed by atoms with Gasteiger partial charge in [-0.2, -0.15) is 0 Å². The quantitative estimate of drug-likeness (QED) is 0.861. The third-order valence-corrected chi connectivity index (χ3v) is 3.19. The summed E-state index contributed by atoms with van der Waals surface area (Å²) in [6.07, 6.45) is 1.60. The van der Waals surface area contributed by atoms with Crippen molar-refractivity contribution < 1.29 is 18.7 Å². The topological polar surface area (TPSA) is 37.3 Å². The Bertz CT molecular complexity index is 413. The van der Waals surface area contributed by atoms with Gasteiger partial charge in [-0.3, -0.25) is 4.79 Å². The maximum absolute atomic E-state index is 13.0. The lowest BCUT2D eigenvalue weighted by molar-refractivity contribution is -0.125. The number of carbonyl (C=O) groups excluding carboxylic acids is 1. The van der Waals surface area contributed by atoms with Gasteiger partial charge in [0.2, 0.25) is 0 Å². The van der Waals surface area contributed by atoms with Crippen LogP contribution < -0.4 is 0 Å². The van der Waals surface area contributed by atoms with Crippen LogP contribution in [0, 0.1) is 11.6 Å². The van der Waals surface area contributed by atoms with Crippen LogP contribution in [0.2, 0.25) is 0 Å². The van der Waals surface area contributed by atoms with Crippen LogP contribution >= 0.6 is 0 Å². The van der Waals surface area contributed by atoms with Gasteiger partial charge < -0.3 is 5.11 Å². The third-order valence-electron chi connectivity index (χ3n) is 3.19. The third kappa shape index (κ3) is 3.09. The van der Waals surface area contributed by atoms with Crippen molar-refractivity contribution in [2.45, 2.75) is 37.7 Å². The fourth-order valence-electron chi connectivity index (χ4n) is 2.26. The van der Waals surface area contributed by atoms with Crippen molar-refractivity contribution in [3.05, 3.63) is 35.4 Å². The predicted octanol–water partition coefficient (Wildman–Crippen LogP) is 2.38. The Kier molecular flexibility index (Phi) is 3.24. The molecule has 0 saturated heterocycles. The summed E-state index contributed by atoms with van der Waals surface area (Å²) in [5, 5.41) is 10.2. The highest BCUT2D eigenvalue weighted by Crippen LogP contribution is 2.30. The van der Waals surface area contributed by atoms with Crippen molar-refractivity contribution in [2.24, 2.45) is 0 Å². The van der Waals surface area contributed by atoms with Crippen LogP contribution in [0.4, 0.5) is 8.78 Å². The minimum absolute atomic E-state index is 0.139. The SMILES string of the molecule is O=C1CCC(O)(Cc2cc(F)cc(F)c2)CC1. The predicted molar refractivity (Wildman–Crippen MR) is 58.5 cm³/mol. The van der Waals surface area contributed by atoms with E-state index in [2.05, 4.69) is 0 Å². The molecule has 0 aliphatic heterocycles. The molecule has 1 fully saturated rings. The summed E-state index contributed by atoms with van der Waals surface area (Å²) < 4.78 is 26.0. The molecule has 0 bridgehead atoms. The molecule has 0 radical (unpaired) electrons. The van der Waals surface area contributed by atoms with Crippen molar-refractivity contribution in [1.82, 2.24) is 0 Å². The van der Waals surface area contributed by atoms with Crippen molar-refractivity contribution in [2.75, 3.05) is 0 Å². The van der Waals surface area contributed by atoms with Crippen LogP contribution in [0.15, 0.2) is 18.2 Å². The first-order valence-corrected chi connectivity index (χ1v) is 5.66. The fraction of sp³-hybridized carbons (Fsp3) is 0.462. The molecule has 2 nitrogen and oxygen atoms in total. The van der Waals surface area contributed by atoms with Crippen molar-refractivity contribution in [3.8, 4) is 0 Å². The van der Waals surface area contributed by atoms with Crippen molar-refractivity contribution in [3.63, 3.8) is 0 Å². The molecule has 0 spiro atoms. The Morgan fingerprint density at radius 2 is 1.65 bits per heavy atom. The molecule has 1 N–H and O–H groups in total. The van der Waals surface area contributed by atoms with Gasteiger partial charge in [-0.05, 0) is 30.5 Å². The molecule has 1 aliphatic rings. The minimum atomic E-state index is -1.01. The number of rotatable bonds is 2. The monoisotopic (exact) mass is 240 g/mol. The van der Waals surface area contributed by atoms with E-state index in [1.165, 1.54) is 12.1 Å². The molecule has 1 aliphatic carbocycles. The maximum atomic E-state index is 13.0. The zero-order valence-electron chi connectivity index (χ0n) is 9.38. The first kappa shape index (κ1) is 12.2. The molecule has 92 valence electrons. The highest BCUT2D eigenvalue weighted by Gasteiger charge is 2.32. The average Bonchev–Trinajstić information content (AvgIpc) is 2.21. The fourth-order valence-corrected chi connectivity index (χ4v) is 2.26. The lowest BCUT2D eigenvalue weighted by Crippen LogP contribution is -2.36. The van der Waals surface area contributed by atoms with E-state index in [4.69, 9.17) is 0 Å². The molecule has 1 aromatic rings. The summed E-state index contributed by atoms with van der Waals surface area (Å²) in [6, 6.07) is 3.24. The van der Waals surface area contributed by atoms with E-state index < -0.39 is 17.2 Å². The Morgan fingerprint density at radius 3 is 2.18 bits per heavy atom. The van der Waals surface area contributed by atoms with Gasteiger partial charge in [0.25, 0.3) is 0 Å². The Labute approximate surface area is 98.3 Å². The van der Waals surface area contributed by atoms with Gasteiger partial charge in [-0.1, -0.05) is 0 Å². The van der Waals surface area contributed by atoms with E-state index >= 15 is 0 Å². The summed E-state index contributed by atoms with van der Waals surface area (Å²) >= 11 is 0. The van der Waals surface area contributed by atoms with E-state index in [1.807, 2.05) is 0 Å². The normalized spacial score (nSPS) is 19.4. The Morgan fingerprint density at radius 1 is 1.12 bits per heavy atom. The zero-order valence-corrected chi connectivity index (χ0v) is 9.38. The van der Waals surface area contributed by atoms with Crippen LogP contribution in [0.5, 0.6) is 0 Å². The van der Waals surface area contributed by atoms with E-state index in [0.29, 0.717) is 31.2 Å². The molecule has 0 amide bonds. The second kappa shape index (κ2) is 4.53. The van der Waals surface area contributed by atoms with Gasteiger partial charge in [-0.25, -0.2) is 8.78 Å². The lowest BCUT2D eigenvalue weighted by atomic mass is 9.80. The summed E-state index contributed by atoms with van der Waals surface area (Å²) in [5.74, 6) is -1.15. The lowest BCUT2D eigenvalue weighted by Gasteiger charge is -2.31. The minimum Gasteiger partial charge on any atom is -0.390 e. The number of halogens is 2. The Balaban J connectivity index is 2.11. The van der Waals surface area contributed by atoms with Crippen LogP contribution in [-0.4, -0.2) is 16.5 Å². The smallest absolute Gasteiger partial charge is 0.133 e. The number of aliphatic hydroxyl groups is 1. The van der Waals surface area contributed by atoms with Gasteiger partial charge >= 0.3 is 0 Å². The Hall–Kier alpha value is -1.29. The summed E-state index contributed by atoms with van der Waals surface area (Å²) in [4.78, 5) is 11.1. The van der Waals surface area contributed by atoms with E-state index in [0.717, 1.165) is 6.07 Å². The summed E-state index contributed by atoms with van der Waals surface area (Å²) in [7, 11) is 0. The summed E-state index contributed by atoms with van der Waals surface area (Å²) in [5.41, 5.74) is -0.576. The van der Waals surface area contributed by atoms with Crippen molar-refractivity contribution in [1.29, 1.82) is 0 Å². The first-order valence-electron chi connectivity index (χ1n) is 5.66. The van der Waals surface area contributed by atoms with Gasteiger partial charge in [0, 0.05) is 25.3 Å². The molecule has 1 saturated carbocycles. The zero-order chi connectivity index (χ0) is 12.5. The standard InChI is InChI=1S/C13H14F2O2/c14-10-5-9(6-11(15)7-10)8-13(17)3-1-12(16)2-4-13/h5-7,17H,1-4,8H2. The van der Waals surface area contributed by atoms with Gasteiger partial charge in [0.1, 0.15) is 17.4 Å². The molecule has 17 heavy (non-hydrogen) atoms. The number of hydrogen-bond donors (Lipinski definition) is 1. The second-order valence-electron chi connectivity index (χ2n) is 4.72. The molecular formula is C13H14F2O2. The van der Waals surface area contributed by atoms with Crippen LogP contribution in [0.25, 0.3) is 0 Å². The summed E-state index contributed by atoms with van der Waals surface area (Å²) in [6.45, 7) is 0. The number of Topliss-reactive ketones (excluding diaryl/α,β-unsaturated/α-hetero) is 1. The number of carbonyl (C=O) groups is 1. The molecule has 1 aromatic carbocycles. The maximum Gasteiger partial charge on any atom is 0.133 e. The largest absolute Gasteiger partial charge is 0.390 e. The molecule has 0 aromatic heterocycles. The van der Waals surface area contributed by atoms with E-state index in [9.17, 15) is 18.7 Å². The van der Waals surface area contributed by atoms with Crippen LogP contribution in [0.3, 0.4) is 0 Å². The van der Waals surface area contributed by atoms with Crippen molar-refractivity contribution >= 4 is 5.78 Å². The van der Waals surface area contributed by atoms with Gasteiger partial charge in [0.05, 0.1) is 5.60 Å². The van der Waals surface area contributed by atoms with Gasteiger partial charge in [-0.15, -0.1) is 0 Å². The number of hydrogen-bond acceptors (Lipinski definition) is 2.